The summed E-state index contributed by atoms with van der Waals surface area (Å²) in [6.07, 6.45) is 2.54. The molecule has 134 valence electrons. The Hall–Kier alpha value is -2.21. The first kappa shape index (κ1) is 17.6. The van der Waals surface area contributed by atoms with Crippen molar-refractivity contribution < 1.29 is 4.79 Å². The van der Waals surface area contributed by atoms with Crippen LogP contribution in [0.25, 0.3) is 0 Å². The first-order valence-corrected chi connectivity index (χ1v) is 8.97. The third kappa shape index (κ3) is 4.45. The van der Waals surface area contributed by atoms with E-state index in [1.807, 2.05) is 30.1 Å². The van der Waals surface area contributed by atoms with Gasteiger partial charge < -0.3 is 9.88 Å². The van der Waals surface area contributed by atoms with Crippen molar-refractivity contribution in [3.8, 4) is 0 Å². The van der Waals surface area contributed by atoms with Crippen LogP contribution in [-0.2, 0) is 24.2 Å². The lowest BCUT2D eigenvalue weighted by atomic mass is 10.1. The summed E-state index contributed by atoms with van der Waals surface area (Å²) < 4.78 is 2.17. The van der Waals surface area contributed by atoms with Gasteiger partial charge in [0.05, 0.1) is 6.54 Å². The van der Waals surface area contributed by atoms with E-state index >= 15 is 0 Å². The van der Waals surface area contributed by atoms with Gasteiger partial charge in [-0.25, -0.2) is 0 Å². The predicted molar refractivity (Wildman–Crippen MR) is 97.3 cm³/mol. The van der Waals surface area contributed by atoms with Crippen molar-refractivity contribution in [1.29, 1.82) is 0 Å². The van der Waals surface area contributed by atoms with Crippen LogP contribution in [0.2, 0.25) is 0 Å². The molecular weight excluding hydrogens is 314 g/mol. The van der Waals surface area contributed by atoms with Crippen molar-refractivity contribution in [3.63, 3.8) is 0 Å². The number of aryl methyl sites for hydroxylation is 1. The monoisotopic (exact) mass is 341 g/mol. The van der Waals surface area contributed by atoms with E-state index in [2.05, 4.69) is 46.1 Å². The first-order valence-electron chi connectivity index (χ1n) is 8.97. The highest BCUT2D eigenvalue weighted by Crippen LogP contribution is 2.17. The minimum atomic E-state index is 0.0855. The Morgan fingerprint density at radius 3 is 2.80 bits per heavy atom. The average Bonchev–Trinajstić information content (AvgIpc) is 2.98. The predicted octanol–water partition coefficient (Wildman–Crippen LogP) is 1.64. The highest BCUT2D eigenvalue weighted by molar-refractivity contribution is 5.78. The van der Waals surface area contributed by atoms with Crippen LogP contribution in [0.3, 0.4) is 0 Å². The molecule has 2 aromatic rings. The van der Waals surface area contributed by atoms with Crippen molar-refractivity contribution in [3.05, 3.63) is 47.5 Å². The summed E-state index contributed by atoms with van der Waals surface area (Å²) in [5, 5.41) is 11.9. The number of benzene rings is 1. The Bertz CT molecular complexity index is 710. The topological polar surface area (TPSA) is 63.1 Å². The van der Waals surface area contributed by atoms with Gasteiger partial charge in [0.25, 0.3) is 0 Å². The Labute approximate surface area is 149 Å². The SMILES string of the molecule is CC(C)N(C)CC(=O)NC1CCc2nnc(Cc3ccccc3)n2C1. The normalized spacial score (nSPS) is 16.9. The first-order chi connectivity index (χ1) is 12.0. The number of aromatic nitrogens is 3. The van der Waals surface area contributed by atoms with Crippen molar-refractivity contribution >= 4 is 5.91 Å². The largest absolute Gasteiger partial charge is 0.350 e. The molecule has 0 radical (unpaired) electrons. The Morgan fingerprint density at radius 1 is 1.32 bits per heavy atom. The molecule has 1 aromatic heterocycles. The van der Waals surface area contributed by atoms with E-state index in [9.17, 15) is 4.79 Å². The molecule has 0 fully saturated rings. The third-order valence-corrected chi connectivity index (χ3v) is 4.87. The van der Waals surface area contributed by atoms with E-state index in [4.69, 9.17) is 0 Å². The minimum absolute atomic E-state index is 0.0855. The Kier molecular flexibility index (Phi) is 5.48. The molecule has 1 N–H and O–H groups in total. The van der Waals surface area contributed by atoms with Crippen molar-refractivity contribution in [2.75, 3.05) is 13.6 Å². The van der Waals surface area contributed by atoms with Crippen LogP contribution in [0, 0.1) is 0 Å². The van der Waals surface area contributed by atoms with Gasteiger partial charge in [0, 0.05) is 31.5 Å². The molecule has 2 heterocycles. The maximum Gasteiger partial charge on any atom is 0.234 e. The number of amides is 1. The van der Waals surface area contributed by atoms with Crippen molar-refractivity contribution in [2.45, 2.75) is 51.7 Å². The zero-order chi connectivity index (χ0) is 17.8. The molecule has 1 amide bonds. The second-order valence-electron chi connectivity index (χ2n) is 7.12. The van der Waals surface area contributed by atoms with Crippen LogP contribution in [0.15, 0.2) is 30.3 Å². The molecule has 1 aromatic carbocycles. The van der Waals surface area contributed by atoms with E-state index in [1.54, 1.807) is 0 Å². The lowest BCUT2D eigenvalue weighted by Gasteiger charge is -2.27. The quantitative estimate of drug-likeness (QED) is 0.868. The van der Waals surface area contributed by atoms with E-state index < -0.39 is 0 Å². The summed E-state index contributed by atoms with van der Waals surface area (Å²) in [5.41, 5.74) is 1.22. The second-order valence-corrected chi connectivity index (χ2v) is 7.12. The highest BCUT2D eigenvalue weighted by atomic mass is 16.2. The van der Waals surface area contributed by atoms with Gasteiger partial charge in [-0.1, -0.05) is 30.3 Å². The highest BCUT2D eigenvalue weighted by Gasteiger charge is 2.24. The summed E-state index contributed by atoms with van der Waals surface area (Å²) in [7, 11) is 1.97. The standard InChI is InChI=1S/C19H27N5O/c1-14(2)23(3)13-19(25)20-16-9-10-17-21-22-18(24(17)12-16)11-15-7-5-4-6-8-15/h4-8,14,16H,9-13H2,1-3H3,(H,20,25). The molecule has 6 heteroatoms. The molecule has 0 bridgehead atoms. The number of rotatable bonds is 6. The number of hydrogen-bond donors (Lipinski definition) is 1. The smallest absolute Gasteiger partial charge is 0.234 e. The summed E-state index contributed by atoms with van der Waals surface area (Å²) in [4.78, 5) is 14.3. The molecule has 0 saturated carbocycles. The fourth-order valence-electron chi connectivity index (χ4n) is 3.09. The van der Waals surface area contributed by atoms with E-state index in [-0.39, 0.29) is 11.9 Å². The van der Waals surface area contributed by atoms with Gasteiger partial charge in [-0.15, -0.1) is 10.2 Å². The Morgan fingerprint density at radius 2 is 2.08 bits per heavy atom. The van der Waals surface area contributed by atoms with Crippen LogP contribution < -0.4 is 5.32 Å². The zero-order valence-electron chi connectivity index (χ0n) is 15.3. The number of nitrogens with one attached hydrogen (secondary N) is 1. The maximum atomic E-state index is 12.3. The van der Waals surface area contributed by atoms with Crippen molar-refractivity contribution in [1.82, 2.24) is 25.0 Å². The molecular formula is C19H27N5O. The van der Waals surface area contributed by atoms with Crippen molar-refractivity contribution in [2.24, 2.45) is 0 Å². The molecule has 1 unspecified atom stereocenters. The van der Waals surface area contributed by atoms with Gasteiger partial charge >= 0.3 is 0 Å². The molecule has 6 nitrogen and oxygen atoms in total. The van der Waals surface area contributed by atoms with Gasteiger partial charge in [-0.3, -0.25) is 9.69 Å². The summed E-state index contributed by atoms with van der Waals surface area (Å²) in [6, 6.07) is 10.8. The fourth-order valence-corrected chi connectivity index (χ4v) is 3.09. The van der Waals surface area contributed by atoms with Crippen LogP contribution >= 0.6 is 0 Å². The van der Waals surface area contributed by atoms with Crippen LogP contribution in [0.5, 0.6) is 0 Å². The van der Waals surface area contributed by atoms with Gasteiger partial charge in [-0.2, -0.15) is 0 Å². The number of carbonyl (C=O) groups is 1. The van der Waals surface area contributed by atoms with Gasteiger partial charge in [-0.05, 0) is 32.9 Å². The van der Waals surface area contributed by atoms with Gasteiger partial charge in [0.1, 0.15) is 11.6 Å². The van der Waals surface area contributed by atoms with Crippen LogP contribution in [-0.4, -0.2) is 51.2 Å². The van der Waals surface area contributed by atoms with Crippen LogP contribution in [0.1, 0.15) is 37.5 Å². The molecule has 0 aliphatic carbocycles. The zero-order valence-corrected chi connectivity index (χ0v) is 15.3. The lowest BCUT2D eigenvalue weighted by molar-refractivity contribution is -0.123. The lowest BCUT2D eigenvalue weighted by Crippen LogP contribution is -2.46. The van der Waals surface area contributed by atoms with E-state index in [0.717, 1.165) is 37.5 Å². The molecule has 1 atom stereocenters. The maximum absolute atomic E-state index is 12.3. The number of hydrogen-bond acceptors (Lipinski definition) is 4. The Balaban J connectivity index is 1.63. The van der Waals surface area contributed by atoms with Crippen LogP contribution in [0.4, 0.5) is 0 Å². The average molecular weight is 341 g/mol. The fraction of sp³-hybridized carbons (Fsp3) is 0.526. The minimum Gasteiger partial charge on any atom is -0.350 e. The summed E-state index contributed by atoms with van der Waals surface area (Å²) in [6.45, 7) is 5.36. The second kappa shape index (κ2) is 7.78. The number of carbonyl (C=O) groups excluding carboxylic acids is 1. The summed E-state index contributed by atoms with van der Waals surface area (Å²) >= 11 is 0. The van der Waals surface area contributed by atoms with Gasteiger partial charge in [0.2, 0.25) is 5.91 Å². The molecule has 1 aliphatic rings. The number of nitrogens with zero attached hydrogens (tertiary/aromatic N) is 4. The molecule has 0 spiro atoms. The number of fused-ring (bicyclic) bond motifs is 1. The third-order valence-electron chi connectivity index (χ3n) is 4.87. The number of likely N-dealkylation sites (N-methyl/N-ethyl adjacent to an activating group) is 1. The van der Waals surface area contributed by atoms with E-state index in [0.29, 0.717) is 12.6 Å². The summed E-state index contributed by atoms with van der Waals surface area (Å²) in [5.74, 6) is 2.08. The molecule has 0 saturated heterocycles. The van der Waals surface area contributed by atoms with E-state index in [1.165, 1.54) is 5.56 Å². The molecule has 3 rings (SSSR count). The molecule has 25 heavy (non-hydrogen) atoms. The molecule has 1 aliphatic heterocycles. The van der Waals surface area contributed by atoms with Gasteiger partial charge in [0.15, 0.2) is 0 Å².